The molecule has 4 nitrogen and oxygen atoms in total. The molecule has 0 unspecified atom stereocenters. The zero-order valence-corrected chi connectivity index (χ0v) is 10.4. The van der Waals surface area contributed by atoms with E-state index < -0.39 is 0 Å². The molecule has 0 radical (unpaired) electrons. The minimum atomic E-state index is -0.232. The number of carbonyl (C=O) groups is 1. The van der Waals surface area contributed by atoms with Crippen LogP contribution in [0.3, 0.4) is 0 Å². The van der Waals surface area contributed by atoms with Gasteiger partial charge < -0.3 is 5.32 Å². The van der Waals surface area contributed by atoms with Crippen LogP contribution in [0.1, 0.15) is 10.4 Å². The van der Waals surface area contributed by atoms with E-state index in [2.05, 4.69) is 11.9 Å². The predicted molar refractivity (Wildman–Crippen MR) is 74.6 cm³/mol. The first-order valence-corrected chi connectivity index (χ1v) is 5.89. The smallest absolute Gasteiger partial charge is 0.255 e. The second kappa shape index (κ2) is 5.82. The summed E-state index contributed by atoms with van der Waals surface area (Å²) < 4.78 is 1.45. The summed E-state index contributed by atoms with van der Waals surface area (Å²) in [5.41, 5.74) is 0.989. The average molecular weight is 254 g/mol. The van der Waals surface area contributed by atoms with Gasteiger partial charge in [-0.15, -0.1) is 6.58 Å². The highest BCUT2D eigenvalue weighted by Gasteiger charge is 2.07. The van der Waals surface area contributed by atoms with E-state index in [1.54, 1.807) is 6.08 Å². The molecule has 19 heavy (non-hydrogen) atoms. The predicted octanol–water partition coefficient (Wildman–Crippen LogP) is 1.75. The molecule has 2 aromatic rings. The van der Waals surface area contributed by atoms with Crippen molar-refractivity contribution in [1.29, 1.82) is 0 Å². The Morgan fingerprint density at radius 3 is 2.63 bits per heavy atom. The van der Waals surface area contributed by atoms with E-state index in [0.717, 1.165) is 5.69 Å². The van der Waals surface area contributed by atoms with Gasteiger partial charge in [-0.1, -0.05) is 24.3 Å². The lowest BCUT2D eigenvalue weighted by molar-refractivity contribution is 0.0957. The van der Waals surface area contributed by atoms with Crippen molar-refractivity contribution in [2.24, 2.45) is 0 Å². The van der Waals surface area contributed by atoms with Crippen molar-refractivity contribution in [3.05, 3.63) is 77.2 Å². The molecule has 0 bridgehead atoms. The van der Waals surface area contributed by atoms with Gasteiger partial charge in [0.25, 0.3) is 11.5 Å². The number of amides is 1. The molecule has 0 atom stereocenters. The van der Waals surface area contributed by atoms with E-state index in [9.17, 15) is 9.59 Å². The van der Waals surface area contributed by atoms with Crippen molar-refractivity contribution in [2.45, 2.75) is 0 Å². The lowest BCUT2D eigenvalue weighted by Crippen LogP contribution is -2.26. The SMILES string of the molecule is C=CCNC(=O)c1ccc(=O)n(-c2ccccc2)c1. The normalized spacial score (nSPS) is 9.89. The highest BCUT2D eigenvalue weighted by atomic mass is 16.2. The third-order valence-corrected chi connectivity index (χ3v) is 2.61. The Bertz CT molecular complexity index is 645. The number of pyridine rings is 1. The molecule has 1 aromatic heterocycles. The number of benzene rings is 1. The summed E-state index contributed by atoms with van der Waals surface area (Å²) in [4.78, 5) is 23.6. The average Bonchev–Trinajstić information content (AvgIpc) is 2.46. The highest BCUT2D eigenvalue weighted by Crippen LogP contribution is 2.05. The lowest BCUT2D eigenvalue weighted by atomic mass is 10.2. The maximum Gasteiger partial charge on any atom is 0.255 e. The number of para-hydroxylation sites is 1. The molecule has 0 saturated heterocycles. The zero-order chi connectivity index (χ0) is 13.7. The minimum absolute atomic E-state index is 0.175. The molecule has 4 heteroatoms. The summed E-state index contributed by atoms with van der Waals surface area (Å²) in [6.45, 7) is 3.93. The van der Waals surface area contributed by atoms with E-state index in [-0.39, 0.29) is 11.5 Å². The van der Waals surface area contributed by atoms with Crippen LogP contribution >= 0.6 is 0 Å². The third-order valence-electron chi connectivity index (χ3n) is 2.61. The Labute approximate surface area is 111 Å². The molecule has 0 saturated carbocycles. The molecule has 1 aromatic carbocycles. The molecule has 0 fully saturated rings. The van der Waals surface area contributed by atoms with E-state index in [1.165, 1.54) is 22.9 Å². The Morgan fingerprint density at radius 2 is 1.95 bits per heavy atom. The Kier molecular flexibility index (Phi) is 3.93. The van der Waals surface area contributed by atoms with Gasteiger partial charge in [0.2, 0.25) is 0 Å². The van der Waals surface area contributed by atoms with Gasteiger partial charge in [0, 0.05) is 24.5 Å². The van der Waals surface area contributed by atoms with Crippen LogP contribution in [-0.2, 0) is 0 Å². The monoisotopic (exact) mass is 254 g/mol. The molecule has 0 aliphatic rings. The van der Waals surface area contributed by atoms with Gasteiger partial charge >= 0.3 is 0 Å². The fourth-order valence-electron chi connectivity index (χ4n) is 1.68. The van der Waals surface area contributed by atoms with E-state index >= 15 is 0 Å². The van der Waals surface area contributed by atoms with E-state index in [1.807, 2.05) is 30.3 Å². The first-order valence-electron chi connectivity index (χ1n) is 5.89. The molecular weight excluding hydrogens is 240 g/mol. The Hall–Kier alpha value is -2.62. The van der Waals surface area contributed by atoms with Crippen LogP contribution in [0.25, 0.3) is 5.69 Å². The molecule has 1 heterocycles. The number of nitrogens with zero attached hydrogens (tertiary/aromatic N) is 1. The van der Waals surface area contributed by atoms with Crippen LogP contribution in [0.5, 0.6) is 0 Å². The molecular formula is C15H14N2O2. The summed E-state index contributed by atoms with van der Waals surface area (Å²) in [6, 6.07) is 12.1. The van der Waals surface area contributed by atoms with Gasteiger partial charge in [0.15, 0.2) is 0 Å². The summed E-state index contributed by atoms with van der Waals surface area (Å²) in [5, 5.41) is 2.67. The Balaban J connectivity index is 2.38. The molecule has 0 spiro atoms. The van der Waals surface area contributed by atoms with Crippen molar-refractivity contribution in [3.63, 3.8) is 0 Å². The fraction of sp³-hybridized carbons (Fsp3) is 0.0667. The summed E-state index contributed by atoms with van der Waals surface area (Å²) in [7, 11) is 0. The second-order valence-electron chi connectivity index (χ2n) is 3.96. The van der Waals surface area contributed by atoms with Gasteiger partial charge in [0.1, 0.15) is 0 Å². The van der Waals surface area contributed by atoms with Crippen molar-refractivity contribution in [1.82, 2.24) is 9.88 Å². The van der Waals surface area contributed by atoms with E-state index in [4.69, 9.17) is 0 Å². The van der Waals surface area contributed by atoms with Crippen LogP contribution in [0.15, 0.2) is 66.1 Å². The van der Waals surface area contributed by atoms with Crippen LogP contribution in [0.4, 0.5) is 0 Å². The molecule has 2 rings (SSSR count). The number of nitrogens with one attached hydrogen (secondary N) is 1. The molecule has 0 aliphatic carbocycles. The van der Waals surface area contributed by atoms with Gasteiger partial charge in [-0.3, -0.25) is 14.2 Å². The quantitative estimate of drug-likeness (QED) is 0.845. The molecule has 0 aliphatic heterocycles. The van der Waals surface area contributed by atoms with Crippen LogP contribution in [0.2, 0.25) is 0 Å². The maximum absolute atomic E-state index is 11.8. The minimum Gasteiger partial charge on any atom is -0.349 e. The number of aromatic nitrogens is 1. The fourth-order valence-corrected chi connectivity index (χ4v) is 1.68. The second-order valence-corrected chi connectivity index (χ2v) is 3.96. The van der Waals surface area contributed by atoms with Crippen LogP contribution in [0, 0.1) is 0 Å². The summed E-state index contributed by atoms with van der Waals surface area (Å²) >= 11 is 0. The number of hydrogen-bond donors (Lipinski definition) is 1. The standard InChI is InChI=1S/C15H14N2O2/c1-2-10-16-15(19)12-8-9-14(18)17(11-12)13-6-4-3-5-7-13/h2-9,11H,1,10H2,(H,16,19). The summed E-state index contributed by atoms with van der Waals surface area (Å²) in [5.74, 6) is -0.232. The van der Waals surface area contributed by atoms with E-state index in [0.29, 0.717) is 12.1 Å². The third kappa shape index (κ3) is 2.98. The van der Waals surface area contributed by atoms with Crippen molar-refractivity contribution in [2.75, 3.05) is 6.54 Å². The van der Waals surface area contributed by atoms with Crippen LogP contribution < -0.4 is 10.9 Å². The number of carbonyl (C=O) groups excluding carboxylic acids is 1. The maximum atomic E-state index is 11.8. The first kappa shape index (κ1) is 12.8. The highest BCUT2D eigenvalue weighted by molar-refractivity contribution is 5.94. The number of hydrogen-bond acceptors (Lipinski definition) is 2. The largest absolute Gasteiger partial charge is 0.349 e. The summed E-state index contributed by atoms with van der Waals surface area (Å²) in [6.07, 6.45) is 3.14. The topological polar surface area (TPSA) is 51.1 Å². The van der Waals surface area contributed by atoms with Crippen LogP contribution in [-0.4, -0.2) is 17.0 Å². The van der Waals surface area contributed by atoms with Crippen molar-refractivity contribution >= 4 is 5.91 Å². The van der Waals surface area contributed by atoms with Gasteiger partial charge in [-0.05, 0) is 18.2 Å². The van der Waals surface area contributed by atoms with Crippen molar-refractivity contribution in [3.8, 4) is 5.69 Å². The van der Waals surface area contributed by atoms with Gasteiger partial charge in [-0.2, -0.15) is 0 Å². The lowest BCUT2D eigenvalue weighted by Gasteiger charge is -2.08. The van der Waals surface area contributed by atoms with Gasteiger partial charge in [-0.25, -0.2) is 0 Å². The molecule has 1 amide bonds. The molecule has 1 N–H and O–H groups in total. The van der Waals surface area contributed by atoms with Gasteiger partial charge in [0.05, 0.1) is 5.56 Å². The van der Waals surface area contributed by atoms with Crippen molar-refractivity contribution < 1.29 is 4.79 Å². The number of rotatable bonds is 4. The zero-order valence-electron chi connectivity index (χ0n) is 10.4. The molecule has 96 valence electrons. The first-order chi connectivity index (χ1) is 9.22. The Morgan fingerprint density at radius 1 is 1.21 bits per heavy atom.